The van der Waals surface area contributed by atoms with Crippen LogP contribution in [0, 0.1) is 0 Å². The van der Waals surface area contributed by atoms with Gasteiger partial charge in [-0.3, -0.25) is 0 Å². The number of benzene rings is 12. The Morgan fingerprint density at radius 2 is 0.627 bits per heavy atom. The molecule has 0 atom stereocenters. The van der Waals surface area contributed by atoms with E-state index < -0.39 is 7.14 Å². The highest BCUT2D eigenvalue weighted by Gasteiger charge is 2.29. The van der Waals surface area contributed by atoms with Crippen LogP contribution in [-0.4, -0.2) is 0 Å². The van der Waals surface area contributed by atoms with Crippen molar-refractivity contribution < 1.29 is 4.57 Å². The van der Waals surface area contributed by atoms with Gasteiger partial charge in [-0.2, -0.15) is 0 Å². The van der Waals surface area contributed by atoms with Crippen molar-refractivity contribution in [3.63, 3.8) is 0 Å². The summed E-state index contributed by atoms with van der Waals surface area (Å²) in [4.78, 5) is 0. The quantitative estimate of drug-likeness (QED) is 0.125. The topological polar surface area (TPSA) is 17.1 Å². The highest BCUT2D eigenvalue weighted by molar-refractivity contribution is 9.10. The Morgan fingerprint density at radius 1 is 0.288 bits per heavy atom. The molecule has 0 bridgehead atoms. The molecule has 0 saturated carbocycles. The molecule has 0 unspecified atom stereocenters. The van der Waals surface area contributed by atoms with Crippen LogP contribution in [0.3, 0.4) is 0 Å². The molecule has 1 nitrogen and oxygen atoms in total. The Hall–Kier alpha value is -6.57. The molecule has 0 fully saturated rings. The first kappa shape index (κ1) is 35.6. The van der Waals surface area contributed by atoms with Gasteiger partial charge in [-0.25, -0.2) is 0 Å². The lowest BCUT2D eigenvalue weighted by Crippen LogP contribution is -2.24. The van der Waals surface area contributed by atoms with E-state index in [9.17, 15) is 4.57 Å². The van der Waals surface area contributed by atoms with Gasteiger partial charge >= 0.3 is 0 Å². The summed E-state index contributed by atoms with van der Waals surface area (Å²) in [5.41, 5.74) is 4.88. The van der Waals surface area contributed by atoms with Gasteiger partial charge in [-0.15, -0.1) is 0 Å². The van der Waals surface area contributed by atoms with Gasteiger partial charge in [-0.05, 0) is 99.0 Å². The van der Waals surface area contributed by atoms with Crippen LogP contribution in [0.2, 0.25) is 0 Å². The van der Waals surface area contributed by atoms with E-state index in [2.05, 4.69) is 162 Å². The predicted octanol–water partition coefficient (Wildman–Crippen LogP) is 14.9. The molecule has 0 radical (unpaired) electrons. The first-order chi connectivity index (χ1) is 29.0. The monoisotopic (exact) mass is 834 g/mol. The van der Waals surface area contributed by atoms with Gasteiger partial charge in [0.25, 0.3) is 0 Å². The van der Waals surface area contributed by atoms with E-state index in [1.54, 1.807) is 0 Å². The number of rotatable bonds is 5. The summed E-state index contributed by atoms with van der Waals surface area (Å²) in [6, 6.07) is 76.4. The normalized spacial score (nSPS) is 11.9. The summed E-state index contributed by atoms with van der Waals surface area (Å²) < 4.78 is 15.8. The second kappa shape index (κ2) is 14.4. The Kier molecular flexibility index (Phi) is 8.66. The molecule has 0 N–H and O–H groups in total. The Bertz CT molecular complexity index is 3430. The zero-order valence-corrected chi connectivity index (χ0v) is 34.5. The first-order valence-corrected chi connectivity index (χ1v) is 22.5. The van der Waals surface area contributed by atoms with Crippen molar-refractivity contribution >= 4 is 104 Å². The van der Waals surface area contributed by atoms with Crippen LogP contribution in [0.5, 0.6) is 0 Å². The average molecular weight is 836 g/mol. The lowest BCUT2D eigenvalue weighted by molar-refractivity contribution is 0.592. The third-order valence-electron chi connectivity index (χ3n) is 12.0. The lowest BCUT2D eigenvalue weighted by atomic mass is 9.90. The summed E-state index contributed by atoms with van der Waals surface area (Å²) in [5, 5.41) is 18.2. The third kappa shape index (κ3) is 5.94. The molecule has 0 aromatic heterocycles. The van der Waals surface area contributed by atoms with E-state index in [0.29, 0.717) is 0 Å². The molecule has 0 amide bonds. The minimum Gasteiger partial charge on any atom is -0.309 e. The number of halogens is 1. The van der Waals surface area contributed by atoms with Crippen LogP contribution in [0.25, 0.3) is 86.9 Å². The van der Waals surface area contributed by atoms with Gasteiger partial charge in [0.15, 0.2) is 7.14 Å². The van der Waals surface area contributed by atoms with Crippen molar-refractivity contribution in [3.8, 4) is 22.3 Å². The van der Waals surface area contributed by atoms with E-state index >= 15 is 0 Å². The lowest BCUT2D eigenvalue weighted by Gasteiger charge is -2.20. The van der Waals surface area contributed by atoms with Crippen LogP contribution in [0.15, 0.2) is 223 Å². The van der Waals surface area contributed by atoms with Crippen molar-refractivity contribution in [2.24, 2.45) is 0 Å². The van der Waals surface area contributed by atoms with E-state index in [0.717, 1.165) is 25.9 Å². The molecule has 59 heavy (non-hydrogen) atoms. The number of hydrogen-bond acceptors (Lipinski definition) is 1. The molecule has 0 heterocycles. The zero-order valence-electron chi connectivity index (χ0n) is 32.0. The minimum absolute atomic E-state index is 0.848. The molecule has 12 aromatic carbocycles. The van der Waals surface area contributed by atoms with Gasteiger partial charge in [0.1, 0.15) is 0 Å². The van der Waals surface area contributed by atoms with E-state index in [4.69, 9.17) is 0 Å². The minimum atomic E-state index is -2.98. The fourth-order valence-corrected chi connectivity index (χ4v) is 12.1. The molecule has 12 rings (SSSR count). The van der Waals surface area contributed by atoms with Crippen LogP contribution in [0.1, 0.15) is 0 Å². The molecule has 0 aliphatic rings. The van der Waals surface area contributed by atoms with Crippen molar-refractivity contribution in [1.29, 1.82) is 0 Å². The maximum Gasteiger partial charge on any atom is 0.171 e. The maximum absolute atomic E-state index is 14.7. The molecule has 0 saturated heterocycles. The number of hydrogen-bond donors (Lipinski definition) is 0. The predicted molar refractivity (Wildman–Crippen MR) is 258 cm³/mol. The van der Waals surface area contributed by atoms with Crippen molar-refractivity contribution in [3.05, 3.63) is 223 Å². The molecule has 0 aliphatic heterocycles. The highest BCUT2D eigenvalue weighted by atomic mass is 79.9. The molecular weight excluding hydrogens is 799 g/mol. The van der Waals surface area contributed by atoms with Gasteiger partial charge in [0, 0.05) is 20.4 Å². The second-order valence-corrected chi connectivity index (χ2v) is 19.0. The summed E-state index contributed by atoms with van der Waals surface area (Å²) in [5.74, 6) is 0. The van der Waals surface area contributed by atoms with Crippen molar-refractivity contribution in [2.75, 3.05) is 0 Å². The Labute approximate surface area is 351 Å². The van der Waals surface area contributed by atoms with E-state index in [1.165, 1.54) is 81.3 Å². The van der Waals surface area contributed by atoms with Gasteiger partial charge < -0.3 is 4.57 Å². The molecule has 278 valence electrons. The summed E-state index contributed by atoms with van der Waals surface area (Å²) in [6.45, 7) is 0. The van der Waals surface area contributed by atoms with Gasteiger partial charge in [-0.1, -0.05) is 222 Å². The van der Waals surface area contributed by atoms with Crippen molar-refractivity contribution in [1.82, 2.24) is 0 Å². The maximum atomic E-state index is 14.7. The molecule has 0 spiro atoms. The standard InChI is InChI=1S/C34H23OP.C22H13Br/c35-36(28-10-3-1-4-11-28,29-12-5-2-6-13-29)30-20-16-24(17-21-30)31-22-18-27-15-14-25-8-7-9-26-19-23-32(31)34(27)33(25)26;23-18-10-6-14(7-11-18)19-12-8-17-5-4-15-2-1-3-16-9-13-20(19)22(17)21(15)16/h1-23H;1-13H. The molecule has 0 aliphatic carbocycles. The first-order valence-electron chi connectivity index (χ1n) is 20.0. The highest BCUT2D eigenvalue weighted by Crippen LogP contribution is 2.44. The second-order valence-electron chi connectivity index (χ2n) is 15.3. The van der Waals surface area contributed by atoms with Crippen LogP contribution < -0.4 is 15.9 Å². The van der Waals surface area contributed by atoms with Gasteiger partial charge in [0.05, 0.1) is 0 Å². The van der Waals surface area contributed by atoms with E-state index in [-0.39, 0.29) is 0 Å². The van der Waals surface area contributed by atoms with Crippen LogP contribution >= 0.6 is 23.1 Å². The fraction of sp³-hybridized carbons (Fsp3) is 0. The SMILES string of the molecule is Brc1ccc(-c2ccc3ccc4cccc5ccc2c3c45)cc1.O=P(c1ccccc1)(c1ccccc1)c1ccc(-c2ccc3ccc4cccc5ccc2c3c45)cc1. The van der Waals surface area contributed by atoms with Crippen LogP contribution in [-0.2, 0) is 4.57 Å². The molecule has 12 aromatic rings. The summed E-state index contributed by atoms with van der Waals surface area (Å²) in [6.07, 6.45) is 0. The molecular formula is C56H36BrOP. The average Bonchev–Trinajstić information content (AvgIpc) is 3.31. The smallest absolute Gasteiger partial charge is 0.171 e. The molecule has 3 heteroatoms. The van der Waals surface area contributed by atoms with Gasteiger partial charge in [0.2, 0.25) is 0 Å². The van der Waals surface area contributed by atoms with E-state index in [1.807, 2.05) is 72.8 Å². The third-order valence-corrected chi connectivity index (χ3v) is 15.6. The fourth-order valence-electron chi connectivity index (χ4n) is 9.18. The summed E-state index contributed by atoms with van der Waals surface area (Å²) in [7, 11) is -2.98. The largest absolute Gasteiger partial charge is 0.309 e. The Balaban J connectivity index is 0.000000148. The Morgan fingerprint density at radius 3 is 1.05 bits per heavy atom. The van der Waals surface area contributed by atoms with Crippen LogP contribution in [0.4, 0.5) is 0 Å². The zero-order chi connectivity index (χ0) is 39.5. The summed E-state index contributed by atoms with van der Waals surface area (Å²) >= 11 is 3.52. The van der Waals surface area contributed by atoms with Crippen molar-refractivity contribution in [2.45, 2.75) is 0 Å².